The molecule has 1 N–H and O–H groups in total. The van der Waals surface area contributed by atoms with Crippen molar-refractivity contribution in [2.24, 2.45) is 11.8 Å². The van der Waals surface area contributed by atoms with E-state index in [-0.39, 0.29) is 17.9 Å². The summed E-state index contributed by atoms with van der Waals surface area (Å²) in [6.07, 6.45) is 3.45. The van der Waals surface area contributed by atoms with Crippen molar-refractivity contribution in [2.75, 3.05) is 13.6 Å². The van der Waals surface area contributed by atoms with Crippen molar-refractivity contribution in [3.8, 4) is 0 Å². The summed E-state index contributed by atoms with van der Waals surface area (Å²) in [6, 6.07) is 0. The molecule has 0 aromatic carbocycles. The van der Waals surface area contributed by atoms with Gasteiger partial charge in [-0.3, -0.25) is 4.79 Å². The first-order valence-electron chi connectivity index (χ1n) is 6.01. The minimum absolute atomic E-state index is 0.119. The van der Waals surface area contributed by atoms with Gasteiger partial charge in [0.1, 0.15) is 0 Å². The van der Waals surface area contributed by atoms with Gasteiger partial charge in [0.05, 0.1) is 6.10 Å². The molecule has 0 saturated heterocycles. The van der Waals surface area contributed by atoms with E-state index in [1.54, 1.807) is 0 Å². The molecule has 1 saturated carbocycles. The molecule has 1 amide bonds. The molecule has 1 rings (SSSR count). The number of amides is 1. The van der Waals surface area contributed by atoms with Crippen molar-refractivity contribution >= 4 is 5.91 Å². The highest BCUT2D eigenvalue weighted by Gasteiger charge is 2.30. The number of hydrogen-bond acceptors (Lipinski definition) is 2. The number of carbonyl (C=O) groups excluding carboxylic acids is 1. The Labute approximate surface area is 92.5 Å². The largest absolute Gasteiger partial charge is 0.393 e. The van der Waals surface area contributed by atoms with E-state index in [2.05, 4.69) is 13.8 Å². The van der Waals surface area contributed by atoms with Crippen molar-refractivity contribution < 1.29 is 9.90 Å². The van der Waals surface area contributed by atoms with E-state index in [4.69, 9.17) is 5.11 Å². The van der Waals surface area contributed by atoms with Crippen LogP contribution in [0, 0.1) is 11.8 Å². The molecule has 0 heterocycles. The van der Waals surface area contributed by atoms with Crippen LogP contribution in [0.15, 0.2) is 0 Å². The standard InChI is InChI=1S/C12H23NO2/c1-4-10(5-2)12(15)13(3)8-9-6-11(14)7-9/h9-11,14H,4-8H2,1-3H3. The predicted molar refractivity (Wildman–Crippen MR) is 60.4 cm³/mol. The quantitative estimate of drug-likeness (QED) is 0.754. The van der Waals surface area contributed by atoms with Gasteiger partial charge in [-0.1, -0.05) is 13.8 Å². The zero-order chi connectivity index (χ0) is 11.4. The van der Waals surface area contributed by atoms with Crippen LogP contribution in [-0.4, -0.2) is 35.6 Å². The summed E-state index contributed by atoms with van der Waals surface area (Å²) >= 11 is 0. The van der Waals surface area contributed by atoms with E-state index in [1.807, 2.05) is 11.9 Å². The van der Waals surface area contributed by atoms with Crippen LogP contribution in [0.3, 0.4) is 0 Å². The van der Waals surface area contributed by atoms with Crippen LogP contribution in [0.5, 0.6) is 0 Å². The average molecular weight is 213 g/mol. The van der Waals surface area contributed by atoms with Crippen LogP contribution in [0.25, 0.3) is 0 Å². The van der Waals surface area contributed by atoms with E-state index in [1.165, 1.54) is 0 Å². The lowest BCUT2D eigenvalue weighted by Crippen LogP contribution is -2.41. The maximum Gasteiger partial charge on any atom is 0.225 e. The minimum atomic E-state index is -0.119. The van der Waals surface area contributed by atoms with Crippen LogP contribution >= 0.6 is 0 Å². The average Bonchev–Trinajstić information content (AvgIpc) is 2.17. The van der Waals surface area contributed by atoms with Gasteiger partial charge >= 0.3 is 0 Å². The minimum Gasteiger partial charge on any atom is -0.393 e. The van der Waals surface area contributed by atoms with Gasteiger partial charge in [-0.2, -0.15) is 0 Å². The number of hydrogen-bond donors (Lipinski definition) is 1. The summed E-state index contributed by atoms with van der Waals surface area (Å²) in [6.45, 7) is 4.94. The number of nitrogens with zero attached hydrogens (tertiary/aromatic N) is 1. The lowest BCUT2D eigenvalue weighted by molar-refractivity contribution is -0.136. The summed E-state index contributed by atoms with van der Waals surface area (Å²) in [7, 11) is 1.88. The first-order chi connectivity index (χ1) is 7.08. The molecular formula is C12H23NO2. The normalized spacial score (nSPS) is 25.1. The van der Waals surface area contributed by atoms with Crippen molar-refractivity contribution in [3.63, 3.8) is 0 Å². The van der Waals surface area contributed by atoms with E-state index in [0.29, 0.717) is 5.92 Å². The summed E-state index contributed by atoms with van der Waals surface area (Å²) in [5.41, 5.74) is 0. The zero-order valence-electron chi connectivity index (χ0n) is 10.1. The Morgan fingerprint density at radius 1 is 1.40 bits per heavy atom. The van der Waals surface area contributed by atoms with Crippen LogP contribution in [0.2, 0.25) is 0 Å². The Bertz CT molecular complexity index is 208. The van der Waals surface area contributed by atoms with Crippen molar-refractivity contribution in [2.45, 2.75) is 45.6 Å². The van der Waals surface area contributed by atoms with Gasteiger partial charge in [0.15, 0.2) is 0 Å². The molecule has 1 aliphatic carbocycles. The SMILES string of the molecule is CCC(CC)C(=O)N(C)CC1CC(O)C1. The number of aliphatic hydroxyl groups excluding tert-OH is 1. The highest BCUT2D eigenvalue weighted by Crippen LogP contribution is 2.28. The monoisotopic (exact) mass is 213 g/mol. The maximum atomic E-state index is 11.9. The smallest absolute Gasteiger partial charge is 0.225 e. The second-order valence-corrected chi connectivity index (χ2v) is 4.72. The number of rotatable bonds is 5. The summed E-state index contributed by atoms with van der Waals surface area (Å²) in [5, 5.41) is 9.17. The van der Waals surface area contributed by atoms with Crippen LogP contribution in [0.1, 0.15) is 39.5 Å². The van der Waals surface area contributed by atoms with Crippen LogP contribution < -0.4 is 0 Å². The Balaban J connectivity index is 2.32. The molecule has 3 heteroatoms. The van der Waals surface area contributed by atoms with Crippen molar-refractivity contribution in [1.29, 1.82) is 0 Å². The van der Waals surface area contributed by atoms with Gasteiger partial charge in [-0.15, -0.1) is 0 Å². The van der Waals surface area contributed by atoms with Crippen LogP contribution in [-0.2, 0) is 4.79 Å². The number of carbonyl (C=O) groups is 1. The topological polar surface area (TPSA) is 40.5 Å². The molecule has 0 unspecified atom stereocenters. The lowest BCUT2D eigenvalue weighted by atomic mass is 9.82. The zero-order valence-corrected chi connectivity index (χ0v) is 10.1. The molecule has 0 aliphatic heterocycles. The third-order valence-electron chi connectivity index (χ3n) is 3.45. The van der Waals surface area contributed by atoms with E-state index < -0.39 is 0 Å². The Morgan fingerprint density at radius 2 is 1.93 bits per heavy atom. The summed E-state index contributed by atoms with van der Waals surface area (Å²) < 4.78 is 0. The Kier molecular flexibility index (Phi) is 4.58. The Morgan fingerprint density at radius 3 is 2.33 bits per heavy atom. The van der Waals surface area contributed by atoms with Gasteiger partial charge in [-0.05, 0) is 31.6 Å². The fourth-order valence-corrected chi connectivity index (χ4v) is 2.28. The van der Waals surface area contributed by atoms with E-state index in [0.717, 1.165) is 32.2 Å². The molecule has 3 nitrogen and oxygen atoms in total. The summed E-state index contributed by atoms with van der Waals surface area (Å²) in [4.78, 5) is 13.8. The predicted octanol–water partition coefficient (Wildman–Crippen LogP) is 1.65. The first kappa shape index (κ1) is 12.5. The van der Waals surface area contributed by atoms with Gasteiger partial charge < -0.3 is 10.0 Å². The molecule has 0 radical (unpaired) electrons. The molecule has 1 aliphatic rings. The molecule has 0 spiro atoms. The highest BCUT2D eigenvalue weighted by molar-refractivity contribution is 5.78. The van der Waals surface area contributed by atoms with Gasteiger partial charge in [0.2, 0.25) is 5.91 Å². The molecule has 0 atom stereocenters. The fourth-order valence-electron chi connectivity index (χ4n) is 2.28. The first-order valence-corrected chi connectivity index (χ1v) is 6.01. The van der Waals surface area contributed by atoms with Crippen molar-refractivity contribution in [1.82, 2.24) is 4.90 Å². The third kappa shape index (κ3) is 3.20. The molecular weight excluding hydrogens is 190 g/mol. The van der Waals surface area contributed by atoms with Gasteiger partial charge in [0, 0.05) is 19.5 Å². The Hall–Kier alpha value is -0.570. The molecule has 0 aromatic heterocycles. The van der Waals surface area contributed by atoms with Crippen LogP contribution in [0.4, 0.5) is 0 Å². The fraction of sp³-hybridized carbons (Fsp3) is 0.917. The lowest BCUT2D eigenvalue weighted by Gasteiger charge is -2.35. The second-order valence-electron chi connectivity index (χ2n) is 4.72. The molecule has 1 fully saturated rings. The van der Waals surface area contributed by atoms with E-state index in [9.17, 15) is 4.79 Å². The molecule has 0 bridgehead atoms. The highest BCUT2D eigenvalue weighted by atomic mass is 16.3. The second kappa shape index (κ2) is 5.50. The molecule has 88 valence electrons. The number of aliphatic hydroxyl groups is 1. The maximum absolute atomic E-state index is 11.9. The molecule has 15 heavy (non-hydrogen) atoms. The molecule has 0 aromatic rings. The van der Waals surface area contributed by atoms with Crippen molar-refractivity contribution in [3.05, 3.63) is 0 Å². The summed E-state index contributed by atoms with van der Waals surface area (Å²) in [5.74, 6) is 0.963. The van der Waals surface area contributed by atoms with Gasteiger partial charge in [-0.25, -0.2) is 0 Å². The van der Waals surface area contributed by atoms with E-state index >= 15 is 0 Å². The third-order valence-corrected chi connectivity index (χ3v) is 3.45. The van der Waals surface area contributed by atoms with Gasteiger partial charge in [0.25, 0.3) is 0 Å².